The van der Waals surface area contributed by atoms with Crippen LogP contribution in [0.4, 0.5) is 5.00 Å². The van der Waals surface area contributed by atoms with Crippen LogP contribution in [0.2, 0.25) is 0 Å². The van der Waals surface area contributed by atoms with E-state index in [0.717, 1.165) is 16.7 Å². The van der Waals surface area contributed by atoms with Crippen LogP contribution in [0, 0.1) is 25.2 Å². The lowest BCUT2D eigenvalue weighted by atomic mass is 10.1. The van der Waals surface area contributed by atoms with E-state index in [1.807, 2.05) is 32.0 Å². The maximum atomic E-state index is 12.3. The van der Waals surface area contributed by atoms with Crippen LogP contribution >= 0.6 is 23.1 Å². The third-order valence-corrected chi connectivity index (χ3v) is 5.31. The molecule has 0 aliphatic heterocycles. The second kappa shape index (κ2) is 7.72. The number of nitrogens with zero attached hydrogens (tertiary/aromatic N) is 3. The zero-order valence-corrected chi connectivity index (χ0v) is 16.1. The number of aryl methyl sites for hydroxylation is 2. The number of thioether (sulfide) groups is 1. The Labute approximate surface area is 159 Å². The minimum absolute atomic E-state index is 0.222. The van der Waals surface area contributed by atoms with Gasteiger partial charge in [0.05, 0.1) is 10.8 Å². The molecule has 0 saturated heterocycles. The van der Waals surface area contributed by atoms with Crippen molar-refractivity contribution < 1.29 is 9.21 Å². The molecule has 0 spiro atoms. The summed E-state index contributed by atoms with van der Waals surface area (Å²) >= 11 is 2.50. The van der Waals surface area contributed by atoms with E-state index in [0.29, 0.717) is 21.7 Å². The molecule has 1 N–H and O–H groups in total. The Balaban J connectivity index is 1.68. The summed E-state index contributed by atoms with van der Waals surface area (Å²) in [6.07, 6.45) is 0. The molecule has 1 aromatic carbocycles. The summed E-state index contributed by atoms with van der Waals surface area (Å²) in [6, 6.07) is 9.75. The van der Waals surface area contributed by atoms with Gasteiger partial charge in [0.1, 0.15) is 11.1 Å². The predicted octanol–water partition coefficient (Wildman–Crippen LogP) is 4.41. The second-order valence-electron chi connectivity index (χ2n) is 5.77. The first kappa shape index (κ1) is 18.2. The first-order chi connectivity index (χ1) is 12.5. The van der Waals surface area contributed by atoms with Crippen molar-refractivity contribution in [1.29, 1.82) is 5.26 Å². The molecule has 0 saturated carbocycles. The van der Waals surface area contributed by atoms with E-state index in [4.69, 9.17) is 9.68 Å². The number of hydrogen-bond acceptors (Lipinski definition) is 7. The number of nitrogens with one attached hydrogen (secondary N) is 1. The quantitative estimate of drug-likeness (QED) is 0.655. The van der Waals surface area contributed by atoms with Crippen molar-refractivity contribution in [3.8, 4) is 17.5 Å². The van der Waals surface area contributed by atoms with E-state index in [2.05, 4.69) is 21.6 Å². The number of thiophene rings is 1. The van der Waals surface area contributed by atoms with Gasteiger partial charge in [0.15, 0.2) is 0 Å². The second-order valence-corrected chi connectivity index (χ2v) is 7.98. The molecule has 26 heavy (non-hydrogen) atoms. The normalized spacial score (nSPS) is 11.8. The van der Waals surface area contributed by atoms with Gasteiger partial charge in [-0.3, -0.25) is 4.79 Å². The number of nitriles is 1. The Hall–Kier alpha value is -2.63. The van der Waals surface area contributed by atoms with Crippen molar-refractivity contribution in [3.05, 3.63) is 46.3 Å². The number of hydrogen-bond donors (Lipinski definition) is 1. The number of aromatic nitrogens is 2. The highest BCUT2D eigenvalue weighted by molar-refractivity contribution is 8.00. The van der Waals surface area contributed by atoms with Crippen molar-refractivity contribution in [2.45, 2.75) is 31.2 Å². The first-order valence-corrected chi connectivity index (χ1v) is 9.59. The highest BCUT2D eigenvalue weighted by Gasteiger charge is 2.20. The van der Waals surface area contributed by atoms with E-state index < -0.39 is 5.25 Å². The topological polar surface area (TPSA) is 91.8 Å². The summed E-state index contributed by atoms with van der Waals surface area (Å²) in [4.78, 5) is 12.3. The van der Waals surface area contributed by atoms with E-state index in [9.17, 15) is 4.79 Å². The van der Waals surface area contributed by atoms with E-state index in [-0.39, 0.29) is 5.91 Å². The van der Waals surface area contributed by atoms with Gasteiger partial charge in [0.2, 0.25) is 11.8 Å². The molecule has 1 atom stereocenters. The molecule has 0 aliphatic rings. The maximum absolute atomic E-state index is 12.3. The number of carbonyl (C=O) groups excluding carboxylic acids is 1. The van der Waals surface area contributed by atoms with Crippen LogP contribution < -0.4 is 5.32 Å². The monoisotopic (exact) mass is 384 g/mol. The molecule has 0 unspecified atom stereocenters. The van der Waals surface area contributed by atoms with Crippen molar-refractivity contribution in [2.75, 3.05) is 5.32 Å². The SMILES string of the molecule is Cc1cc(C)cc(-c2nnc(S[C@H](C)C(=O)Nc3sccc3C#N)o2)c1. The number of carbonyl (C=O) groups is 1. The molecule has 0 bridgehead atoms. The molecule has 2 heterocycles. The van der Waals surface area contributed by atoms with Crippen LogP contribution in [-0.4, -0.2) is 21.4 Å². The van der Waals surface area contributed by atoms with Gasteiger partial charge in [-0.2, -0.15) is 5.26 Å². The maximum Gasteiger partial charge on any atom is 0.277 e. The molecule has 8 heteroatoms. The fourth-order valence-corrected chi connectivity index (χ4v) is 3.81. The van der Waals surface area contributed by atoms with Gasteiger partial charge in [-0.1, -0.05) is 29.0 Å². The Kier molecular flexibility index (Phi) is 5.40. The fraction of sp³-hybridized carbons (Fsp3) is 0.222. The lowest BCUT2D eigenvalue weighted by Gasteiger charge is -2.08. The van der Waals surface area contributed by atoms with E-state index in [1.165, 1.54) is 23.1 Å². The largest absolute Gasteiger partial charge is 0.411 e. The minimum atomic E-state index is -0.448. The van der Waals surface area contributed by atoms with Gasteiger partial charge in [-0.15, -0.1) is 21.5 Å². The molecule has 0 fully saturated rings. The lowest BCUT2D eigenvalue weighted by molar-refractivity contribution is -0.115. The number of amides is 1. The summed E-state index contributed by atoms with van der Waals surface area (Å²) in [5.74, 6) is 0.206. The van der Waals surface area contributed by atoms with Gasteiger partial charge in [0, 0.05) is 5.56 Å². The van der Waals surface area contributed by atoms with Crippen LogP contribution in [0.15, 0.2) is 39.3 Å². The number of anilines is 1. The summed E-state index contributed by atoms with van der Waals surface area (Å²) < 4.78 is 5.69. The van der Waals surface area contributed by atoms with Gasteiger partial charge in [0.25, 0.3) is 5.22 Å². The molecule has 3 rings (SSSR count). The summed E-state index contributed by atoms with van der Waals surface area (Å²) in [5, 5.41) is 22.1. The summed E-state index contributed by atoms with van der Waals surface area (Å²) in [7, 11) is 0. The zero-order valence-electron chi connectivity index (χ0n) is 14.4. The van der Waals surface area contributed by atoms with Gasteiger partial charge in [-0.25, -0.2) is 0 Å². The van der Waals surface area contributed by atoms with Crippen LogP contribution in [0.3, 0.4) is 0 Å². The van der Waals surface area contributed by atoms with Crippen LogP contribution in [-0.2, 0) is 4.79 Å². The van der Waals surface area contributed by atoms with E-state index in [1.54, 1.807) is 18.4 Å². The van der Waals surface area contributed by atoms with Crippen LogP contribution in [0.1, 0.15) is 23.6 Å². The molecule has 1 amide bonds. The average molecular weight is 384 g/mol. The van der Waals surface area contributed by atoms with Gasteiger partial charge < -0.3 is 9.73 Å². The third-order valence-electron chi connectivity index (χ3n) is 3.54. The number of rotatable bonds is 5. The fourth-order valence-electron chi connectivity index (χ4n) is 2.38. The van der Waals surface area contributed by atoms with Crippen molar-refractivity contribution in [1.82, 2.24) is 10.2 Å². The Morgan fingerprint density at radius 2 is 2.04 bits per heavy atom. The first-order valence-electron chi connectivity index (χ1n) is 7.83. The Bertz CT molecular complexity index is 967. The molecule has 2 aromatic heterocycles. The van der Waals surface area contributed by atoms with Crippen molar-refractivity contribution in [2.24, 2.45) is 0 Å². The third kappa shape index (κ3) is 4.12. The average Bonchev–Trinajstić information content (AvgIpc) is 3.23. The molecular formula is C18H16N4O2S2. The Morgan fingerprint density at radius 3 is 2.73 bits per heavy atom. The standard InChI is InChI=1S/C18H16N4O2S2/c1-10-6-11(2)8-14(7-10)16-21-22-18(24-16)26-12(3)15(23)20-17-13(9-19)4-5-25-17/h4-8,12H,1-3H3,(H,20,23)/t12-/m1/s1. The molecule has 3 aromatic rings. The molecular weight excluding hydrogens is 368 g/mol. The Morgan fingerprint density at radius 1 is 1.31 bits per heavy atom. The zero-order chi connectivity index (χ0) is 18.7. The predicted molar refractivity (Wildman–Crippen MR) is 102 cm³/mol. The molecule has 132 valence electrons. The highest BCUT2D eigenvalue weighted by Crippen LogP contribution is 2.29. The molecule has 0 aliphatic carbocycles. The summed E-state index contributed by atoms with van der Waals surface area (Å²) in [6.45, 7) is 5.77. The minimum Gasteiger partial charge on any atom is -0.411 e. The van der Waals surface area contributed by atoms with Crippen LogP contribution in [0.5, 0.6) is 0 Å². The molecule has 6 nitrogen and oxygen atoms in total. The lowest BCUT2D eigenvalue weighted by Crippen LogP contribution is -2.22. The number of benzene rings is 1. The smallest absolute Gasteiger partial charge is 0.277 e. The summed E-state index contributed by atoms with van der Waals surface area (Å²) in [5.41, 5.74) is 3.54. The van der Waals surface area contributed by atoms with Crippen molar-refractivity contribution >= 4 is 34.0 Å². The highest BCUT2D eigenvalue weighted by atomic mass is 32.2. The van der Waals surface area contributed by atoms with Gasteiger partial charge >= 0.3 is 0 Å². The van der Waals surface area contributed by atoms with Crippen molar-refractivity contribution in [3.63, 3.8) is 0 Å². The van der Waals surface area contributed by atoms with Gasteiger partial charge in [-0.05, 0) is 44.4 Å². The van der Waals surface area contributed by atoms with Crippen LogP contribution in [0.25, 0.3) is 11.5 Å². The molecule has 0 radical (unpaired) electrons. The van der Waals surface area contributed by atoms with E-state index >= 15 is 0 Å².